The molecule has 1 heterocycles. The summed E-state index contributed by atoms with van der Waals surface area (Å²) in [5, 5.41) is 0.377. The molecule has 0 aliphatic carbocycles. The van der Waals surface area contributed by atoms with Crippen LogP contribution in [0.5, 0.6) is 5.75 Å². The summed E-state index contributed by atoms with van der Waals surface area (Å²) >= 11 is 6.08. The maximum atomic E-state index is 12.3. The first-order chi connectivity index (χ1) is 9.15. The van der Waals surface area contributed by atoms with Gasteiger partial charge < -0.3 is 14.5 Å². The van der Waals surface area contributed by atoms with Gasteiger partial charge in [0.2, 0.25) is 6.41 Å². The standard InChI is InChI=1S/C13H15ClN2O3/c1-19-10-2-3-11(12(14)8-10)13(18)16-6-4-15(9-17)5-7-16/h2-3,8-9H,4-7H2,1H3. The van der Waals surface area contributed by atoms with E-state index in [1.807, 2.05) is 0 Å². The van der Waals surface area contributed by atoms with Gasteiger partial charge in [0.15, 0.2) is 0 Å². The average molecular weight is 283 g/mol. The number of hydrogen-bond donors (Lipinski definition) is 0. The van der Waals surface area contributed by atoms with E-state index in [2.05, 4.69) is 0 Å². The van der Waals surface area contributed by atoms with Crippen LogP contribution in [-0.2, 0) is 4.79 Å². The zero-order valence-electron chi connectivity index (χ0n) is 10.6. The molecule has 0 spiro atoms. The second-order valence-electron chi connectivity index (χ2n) is 4.28. The molecule has 0 radical (unpaired) electrons. The van der Waals surface area contributed by atoms with Crippen LogP contribution in [-0.4, -0.2) is 55.4 Å². The van der Waals surface area contributed by atoms with Gasteiger partial charge in [-0.05, 0) is 18.2 Å². The molecule has 19 heavy (non-hydrogen) atoms. The molecule has 1 aliphatic heterocycles. The van der Waals surface area contributed by atoms with Gasteiger partial charge in [0.1, 0.15) is 5.75 Å². The Morgan fingerprint density at radius 2 is 2.00 bits per heavy atom. The van der Waals surface area contributed by atoms with E-state index in [1.165, 1.54) is 0 Å². The molecule has 2 amide bonds. The van der Waals surface area contributed by atoms with E-state index >= 15 is 0 Å². The van der Waals surface area contributed by atoms with Gasteiger partial charge in [-0.1, -0.05) is 11.6 Å². The molecule has 6 heteroatoms. The molecule has 0 unspecified atom stereocenters. The van der Waals surface area contributed by atoms with Crippen molar-refractivity contribution in [2.24, 2.45) is 0 Å². The lowest BCUT2D eigenvalue weighted by Gasteiger charge is -2.32. The first kappa shape index (κ1) is 13.7. The summed E-state index contributed by atoms with van der Waals surface area (Å²) in [4.78, 5) is 26.3. The Morgan fingerprint density at radius 1 is 1.32 bits per heavy atom. The Bertz CT molecular complexity index is 485. The number of nitrogens with zero attached hydrogens (tertiary/aromatic N) is 2. The first-order valence-corrected chi connectivity index (χ1v) is 6.35. The monoisotopic (exact) mass is 282 g/mol. The normalized spacial score (nSPS) is 15.3. The van der Waals surface area contributed by atoms with Crippen molar-refractivity contribution in [3.8, 4) is 5.75 Å². The summed E-state index contributed by atoms with van der Waals surface area (Å²) < 4.78 is 5.05. The van der Waals surface area contributed by atoms with Crippen molar-refractivity contribution in [2.45, 2.75) is 0 Å². The van der Waals surface area contributed by atoms with Crippen LogP contribution in [0.15, 0.2) is 18.2 Å². The maximum absolute atomic E-state index is 12.3. The number of benzene rings is 1. The molecular formula is C13H15ClN2O3. The molecule has 1 aromatic rings. The van der Waals surface area contributed by atoms with Crippen LogP contribution in [0.3, 0.4) is 0 Å². The summed E-state index contributed by atoms with van der Waals surface area (Å²) in [6, 6.07) is 4.99. The minimum atomic E-state index is -0.113. The third kappa shape index (κ3) is 2.98. The van der Waals surface area contributed by atoms with Gasteiger partial charge in [-0.3, -0.25) is 9.59 Å². The number of ether oxygens (including phenoxy) is 1. The number of rotatable bonds is 3. The van der Waals surface area contributed by atoms with Gasteiger partial charge in [0.25, 0.3) is 5.91 Å². The Balaban J connectivity index is 2.10. The lowest BCUT2D eigenvalue weighted by Crippen LogP contribution is -2.48. The largest absolute Gasteiger partial charge is 0.497 e. The third-order valence-electron chi connectivity index (χ3n) is 3.16. The van der Waals surface area contributed by atoms with E-state index < -0.39 is 0 Å². The molecule has 2 rings (SSSR count). The highest BCUT2D eigenvalue weighted by atomic mass is 35.5. The smallest absolute Gasteiger partial charge is 0.255 e. The molecule has 0 saturated carbocycles. The summed E-state index contributed by atoms with van der Waals surface area (Å²) in [6.45, 7) is 2.17. The fraction of sp³-hybridized carbons (Fsp3) is 0.385. The van der Waals surface area contributed by atoms with Crippen LogP contribution < -0.4 is 4.74 Å². The Labute approximate surface area is 116 Å². The Kier molecular flexibility index (Phi) is 4.27. The number of carbonyl (C=O) groups excluding carboxylic acids is 2. The Morgan fingerprint density at radius 3 is 2.53 bits per heavy atom. The lowest BCUT2D eigenvalue weighted by molar-refractivity contribution is -0.119. The molecule has 1 aliphatic rings. The molecule has 0 N–H and O–H groups in total. The summed E-state index contributed by atoms with van der Waals surface area (Å²) in [5.74, 6) is 0.505. The van der Waals surface area contributed by atoms with Gasteiger partial charge in [-0.25, -0.2) is 0 Å². The van der Waals surface area contributed by atoms with Gasteiger partial charge in [-0.2, -0.15) is 0 Å². The minimum Gasteiger partial charge on any atom is -0.497 e. The molecule has 1 aromatic carbocycles. The number of amides is 2. The van der Waals surface area contributed by atoms with Crippen LogP contribution in [0.4, 0.5) is 0 Å². The van der Waals surface area contributed by atoms with Crippen LogP contribution in [0.1, 0.15) is 10.4 Å². The molecule has 5 nitrogen and oxygen atoms in total. The first-order valence-electron chi connectivity index (χ1n) is 5.98. The summed E-state index contributed by atoms with van der Waals surface area (Å²) in [6.07, 6.45) is 0.808. The number of piperazine rings is 1. The Hall–Kier alpha value is -1.75. The van der Waals surface area contributed by atoms with E-state index in [1.54, 1.807) is 35.1 Å². The van der Waals surface area contributed by atoms with E-state index in [4.69, 9.17) is 16.3 Å². The zero-order chi connectivity index (χ0) is 13.8. The number of methoxy groups -OCH3 is 1. The average Bonchev–Trinajstić information content (AvgIpc) is 2.46. The third-order valence-corrected chi connectivity index (χ3v) is 3.47. The molecule has 102 valence electrons. The maximum Gasteiger partial charge on any atom is 0.255 e. The minimum absolute atomic E-state index is 0.113. The quantitative estimate of drug-likeness (QED) is 0.785. The fourth-order valence-electron chi connectivity index (χ4n) is 2.00. The highest BCUT2D eigenvalue weighted by molar-refractivity contribution is 6.34. The molecule has 0 atom stereocenters. The topological polar surface area (TPSA) is 49.9 Å². The predicted molar refractivity (Wildman–Crippen MR) is 71.5 cm³/mol. The van der Waals surface area contributed by atoms with Crippen molar-refractivity contribution in [3.05, 3.63) is 28.8 Å². The van der Waals surface area contributed by atoms with Crippen molar-refractivity contribution in [1.82, 2.24) is 9.80 Å². The molecule has 1 saturated heterocycles. The van der Waals surface area contributed by atoms with Crippen LogP contribution >= 0.6 is 11.6 Å². The van der Waals surface area contributed by atoms with E-state index in [-0.39, 0.29) is 5.91 Å². The van der Waals surface area contributed by atoms with Gasteiger partial charge in [0, 0.05) is 26.2 Å². The van der Waals surface area contributed by atoms with E-state index in [0.717, 1.165) is 6.41 Å². The number of halogens is 1. The second-order valence-corrected chi connectivity index (χ2v) is 4.69. The SMILES string of the molecule is COc1ccc(C(=O)N2CCN(C=O)CC2)c(Cl)c1. The van der Waals surface area contributed by atoms with Crippen molar-refractivity contribution in [1.29, 1.82) is 0 Å². The van der Waals surface area contributed by atoms with E-state index in [0.29, 0.717) is 42.5 Å². The molecule has 0 aromatic heterocycles. The molecule has 0 bridgehead atoms. The van der Waals surface area contributed by atoms with Gasteiger partial charge >= 0.3 is 0 Å². The molecule has 1 fully saturated rings. The molecular weight excluding hydrogens is 268 g/mol. The van der Waals surface area contributed by atoms with Crippen LogP contribution in [0.25, 0.3) is 0 Å². The van der Waals surface area contributed by atoms with E-state index in [9.17, 15) is 9.59 Å². The van der Waals surface area contributed by atoms with Gasteiger partial charge in [-0.15, -0.1) is 0 Å². The summed E-state index contributed by atoms with van der Waals surface area (Å²) in [5.41, 5.74) is 0.460. The highest BCUT2D eigenvalue weighted by Crippen LogP contribution is 2.23. The van der Waals surface area contributed by atoms with Gasteiger partial charge in [0.05, 0.1) is 17.7 Å². The second kappa shape index (κ2) is 5.93. The van der Waals surface area contributed by atoms with Crippen molar-refractivity contribution in [2.75, 3.05) is 33.3 Å². The lowest BCUT2D eigenvalue weighted by atomic mass is 10.1. The van der Waals surface area contributed by atoms with Crippen molar-refractivity contribution < 1.29 is 14.3 Å². The number of carbonyl (C=O) groups is 2. The highest BCUT2D eigenvalue weighted by Gasteiger charge is 2.23. The van der Waals surface area contributed by atoms with Crippen LogP contribution in [0.2, 0.25) is 5.02 Å². The zero-order valence-corrected chi connectivity index (χ0v) is 11.4. The van der Waals surface area contributed by atoms with Crippen molar-refractivity contribution in [3.63, 3.8) is 0 Å². The fourth-order valence-corrected chi connectivity index (χ4v) is 2.25. The summed E-state index contributed by atoms with van der Waals surface area (Å²) in [7, 11) is 1.55. The van der Waals surface area contributed by atoms with Crippen LogP contribution in [0, 0.1) is 0 Å². The predicted octanol–water partition coefficient (Wildman–Crippen LogP) is 1.26. The van der Waals surface area contributed by atoms with Crippen molar-refractivity contribution >= 4 is 23.9 Å². The number of hydrogen-bond acceptors (Lipinski definition) is 3.